The molecular formula is C8H8F3NO3. The Balaban J connectivity index is 2.81. The summed E-state index contributed by atoms with van der Waals surface area (Å²) in [5.74, 6) is -0.930. The number of hydrogen-bond acceptors (Lipinski definition) is 3. The molecule has 4 nitrogen and oxygen atoms in total. The first-order chi connectivity index (χ1) is 6.86. The summed E-state index contributed by atoms with van der Waals surface area (Å²) in [6, 6.07) is 0. The maximum absolute atomic E-state index is 12.2. The van der Waals surface area contributed by atoms with Crippen LogP contribution in [-0.4, -0.2) is 29.7 Å². The molecule has 2 amide bonds. The first-order valence-electron chi connectivity index (χ1n) is 4.13. The lowest BCUT2D eigenvalue weighted by Gasteiger charge is -2.09. The Morgan fingerprint density at radius 3 is 2.60 bits per heavy atom. The van der Waals surface area contributed by atoms with Crippen molar-refractivity contribution in [1.82, 2.24) is 4.90 Å². The van der Waals surface area contributed by atoms with E-state index in [0.717, 1.165) is 0 Å². The van der Waals surface area contributed by atoms with Crippen LogP contribution in [0.25, 0.3) is 0 Å². The summed E-state index contributed by atoms with van der Waals surface area (Å²) >= 11 is 0. The highest BCUT2D eigenvalue weighted by Gasteiger charge is 2.42. The van der Waals surface area contributed by atoms with Gasteiger partial charge in [-0.05, 0) is 6.92 Å². The molecule has 0 saturated heterocycles. The van der Waals surface area contributed by atoms with Gasteiger partial charge in [0, 0.05) is 6.20 Å². The number of amides is 2. The maximum atomic E-state index is 12.2. The number of nitrogens with zero attached hydrogens (tertiary/aromatic N) is 1. The Labute approximate surface area is 83.3 Å². The van der Waals surface area contributed by atoms with Crippen molar-refractivity contribution in [2.75, 3.05) is 6.61 Å². The zero-order valence-electron chi connectivity index (χ0n) is 7.80. The summed E-state index contributed by atoms with van der Waals surface area (Å²) in [5, 5.41) is 0. The van der Waals surface area contributed by atoms with Gasteiger partial charge in [-0.1, -0.05) is 0 Å². The zero-order chi connectivity index (χ0) is 11.6. The molecule has 0 spiro atoms. The minimum absolute atomic E-state index is 0.00218. The molecule has 0 atom stereocenters. The van der Waals surface area contributed by atoms with E-state index in [2.05, 4.69) is 4.74 Å². The summed E-state index contributed by atoms with van der Waals surface area (Å²) in [5.41, 5.74) is -1.04. The highest BCUT2D eigenvalue weighted by Crippen LogP contribution is 2.32. The summed E-state index contributed by atoms with van der Waals surface area (Å²) < 4.78 is 40.9. The lowest BCUT2D eigenvalue weighted by atomic mass is 10.2. The molecule has 0 aliphatic carbocycles. The zero-order valence-corrected chi connectivity index (χ0v) is 7.80. The largest absolute Gasteiger partial charge is 0.449 e. The van der Waals surface area contributed by atoms with Gasteiger partial charge >= 0.3 is 12.3 Å². The molecule has 0 fully saturated rings. The van der Waals surface area contributed by atoms with Gasteiger partial charge < -0.3 is 4.74 Å². The number of imide groups is 1. The fourth-order valence-corrected chi connectivity index (χ4v) is 1.04. The standard InChI is InChI=1S/C8H8F3NO3/c1-2-15-7(14)12-4-5(3-6(12)13)8(9,10)11/h4H,2-3H2,1H3. The fraction of sp³-hybridized carbons (Fsp3) is 0.500. The Morgan fingerprint density at radius 2 is 2.20 bits per heavy atom. The fourth-order valence-electron chi connectivity index (χ4n) is 1.04. The molecule has 1 aliphatic heterocycles. The molecule has 15 heavy (non-hydrogen) atoms. The monoisotopic (exact) mass is 223 g/mol. The molecule has 0 aromatic carbocycles. The maximum Gasteiger partial charge on any atom is 0.420 e. The molecule has 1 aliphatic rings. The quantitative estimate of drug-likeness (QED) is 0.681. The molecule has 0 N–H and O–H groups in total. The Kier molecular flexibility index (Phi) is 3.01. The van der Waals surface area contributed by atoms with Crippen molar-refractivity contribution in [3.05, 3.63) is 11.8 Å². The highest BCUT2D eigenvalue weighted by molar-refractivity contribution is 5.96. The number of carbonyl (C=O) groups excluding carboxylic acids is 2. The van der Waals surface area contributed by atoms with Crippen LogP contribution in [0.15, 0.2) is 11.8 Å². The second kappa shape index (κ2) is 3.92. The Hall–Kier alpha value is -1.53. The van der Waals surface area contributed by atoms with E-state index in [-0.39, 0.29) is 6.61 Å². The van der Waals surface area contributed by atoms with Crippen molar-refractivity contribution in [2.24, 2.45) is 0 Å². The molecule has 0 saturated carbocycles. The second-order valence-electron chi connectivity index (χ2n) is 2.79. The first-order valence-corrected chi connectivity index (χ1v) is 4.13. The third kappa shape index (κ3) is 2.48. The van der Waals surface area contributed by atoms with E-state index in [1.807, 2.05) is 0 Å². The number of halogens is 3. The molecule has 7 heteroatoms. The molecule has 0 unspecified atom stereocenters. The number of ether oxygens (including phenoxy) is 1. The topological polar surface area (TPSA) is 46.6 Å². The van der Waals surface area contributed by atoms with Crippen molar-refractivity contribution in [3.63, 3.8) is 0 Å². The van der Waals surface area contributed by atoms with Gasteiger partial charge in [0.05, 0.1) is 18.6 Å². The summed E-state index contributed by atoms with van der Waals surface area (Å²) in [6.07, 6.45) is -6.01. The van der Waals surface area contributed by atoms with Gasteiger partial charge in [0.25, 0.3) is 0 Å². The molecule has 1 heterocycles. The number of rotatable bonds is 1. The Bertz CT molecular complexity index is 322. The van der Waals surface area contributed by atoms with E-state index < -0.39 is 30.2 Å². The molecule has 0 radical (unpaired) electrons. The van der Waals surface area contributed by atoms with E-state index in [9.17, 15) is 22.8 Å². The van der Waals surface area contributed by atoms with Gasteiger partial charge in [0.1, 0.15) is 0 Å². The minimum atomic E-state index is -4.59. The smallest absolute Gasteiger partial charge is 0.420 e. The van der Waals surface area contributed by atoms with Gasteiger partial charge in [-0.3, -0.25) is 4.79 Å². The van der Waals surface area contributed by atoms with Crippen LogP contribution in [0.2, 0.25) is 0 Å². The van der Waals surface area contributed by atoms with Crippen molar-refractivity contribution in [2.45, 2.75) is 19.5 Å². The summed E-state index contributed by atoms with van der Waals surface area (Å²) in [7, 11) is 0. The third-order valence-corrected chi connectivity index (χ3v) is 1.72. The normalized spacial score (nSPS) is 16.7. The van der Waals surface area contributed by atoms with Gasteiger partial charge in [-0.2, -0.15) is 13.2 Å². The number of hydrogen-bond donors (Lipinski definition) is 0. The van der Waals surface area contributed by atoms with E-state index in [4.69, 9.17) is 0 Å². The molecule has 84 valence electrons. The molecule has 0 aromatic heterocycles. The number of alkyl halides is 3. The van der Waals surface area contributed by atoms with Crippen LogP contribution in [0.1, 0.15) is 13.3 Å². The molecule has 0 bridgehead atoms. The van der Waals surface area contributed by atoms with Crippen LogP contribution >= 0.6 is 0 Å². The SMILES string of the molecule is CCOC(=O)N1C=C(C(F)(F)F)CC1=O. The van der Waals surface area contributed by atoms with Crippen LogP contribution in [0, 0.1) is 0 Å². The molecule has 0 aromatic rings. The van der Waals surface area contributed by atoms with Crippen LogP contribution in [0.4, 0.5) is 18.0 Å². The summed E-state index contributed by atoms with van der Waals surface area (Å²) in [6.45, 7) is 1.49. The lowest BCUT2D eigenvalue weighted by molar-refractivity contribution is -0.127. The number of carbonyl (C=O) groups is 2. The van der Waals surface area contributed by atoms with E-state index >= 15 is 0 Å². The van der Waals surface area contributed by atoms with Crippen LogP contribution in [0.5, 0.6) is 0 Å². The second-order valence-corrected chi connectivity index (χ2v) is 2.79. The predicted octanol–water partition coefficient (Wildman–Crippen LogP) is 1.82. The summed E-state index contributed by atoms with van der Waals surface area (Å²) in [4.78, 5) is 22.4. The lowest BCUT2D eigenvalue weighted by Crippen LogP contribution is -2.29. The molecular weight excluding hydrogens is 215 g/mol. The third-order valence-electron chi connectivity index (χ3n) is 1.72. The van der Waals surface area contributed by atoms with Crippen LogP contribution in [0.3, 0.4) is 0 Å². The van der Waals surface area contributed by atoms with Crippen molar-refractivity contribution in [1.29, 1.82) is 0 Å². The average Bonchev–Trinajstić information content (AvgIpc) is 2.47. The molecule has 1 rings (SSSR count). The Morgan fingerprint density at radius 1 is 1.60 bits per heavy atom. The van der Waals surface area contributed by atoms with Crippen molar-refractivity contribution < 1.29 is 27.5 Å². The van der Waals surface area contributed by atoms with Gasteiger partial charge in [-0.15, -0.1) is 0 Å². The van der Waals surface area contributed by atoms with E-state index in [1.54, 1.807) is 0 Å². The van der Waals surface area contributed by atoms with Gasteiger partial charge in [-0.25, -0.2) is 9.69 Å². The van der Waals surface area contributed by atoms with Crippen molar-refractivity contribution >= 4 is 12.0 Å². The van der Waals surface area contributed by atoms with Gasteiger partial charge in [0.2, 0.25) is 5.91 Å². The van der Waals surface area contributed by atoms with E-state index in [1.165, 1.54) is 6.92 Å². The average molecular weight is 223 g/mol. The minimum Gasteiger partial charge on any atom is -0.449 e. The highest BCUT2D eigenvalue weighted by atomic mass is 19.4. The van der Waals surface area contributed by atoms with Gasteiger partial charge in [0.15, 0.2) is 0 Å². The predicted molar refractivity (Wildman–Crippen MR) is 42.6 cm³/mol. The first kappa shape index (κ1) is 11.5. The van der Waals surface area contributed by atoms with E-state index in [0.29, 0.717) is 11.1 Å². The van der Waals surface area contributed by atoms with Crippen LogP contribution in [-0.2, 0) is 9.53 Å². The van der Waals surface area contributed by atoms with Crippen molar-refractivity contribution in [3.8, 4) is 0 Å². The van der Waals surface area contributed by atoms with Crippen LogP contribution < -0.4 is 0 Å².